The van der Waals surface area contributed by atoms with Crippen LogP contribution in [-0.2, 0) is 0 Å². The fourth-order valence-electron chi connectivity index (χ4n) is 3.36. The lowest BCUT2D eigenvalue weighted by molar-refractivity contribution is 0.0997. The molecule has 7 nitrogen and oxygen atoms in total. The van der Waals surface area contributed by atoms with Crippen LogP contribution in [0.1, 0.15) is 21.6 Å². The van der Waals surface area contributed by atoms with Crippen LogP contribution in [0.4, 0.5) is 16.2 Å². The molecule has 2 heterocycles. The Bertz CT molecular complexity index is 1260. The van der Waals surface area contributed by atoms with Gasteiger partial charge in [-0.15, -0.1) is 0 Å². The number of hydrogen-bond acceptors (Lipinski definition) is 3. The second-order valence-electron chi connectivity index (χ2n) is 7.11. The van der Waals surface area contributed by atoms with Gasteiger partial charge in [-0.05, 0) is 60.9 Å². The molecule has 7 heteroatoms. The number of benzene rings is 2. The number of hydrogen-bond donors (Lipinski definition) is 4. The van der Waals surface area contributed by atoms with Gasteiger partial charge in [0.1, 0.15) is 5.69 Å². The Labute approximate surface area is 173 Å². The number of fused-ring (bicyclic) bond motifs is 1. The summed E-state index contributed by atoms with van der Waals surface area (Å²) in [7, 11) is 0. The molecule has 0 aliphatic rings. The second kappa shape index (κ2) is 7.71. The molecule has 0 aliphatic heterocycles. The highest BCUT2D eigenvalue weighted by atomic mass is 16.2. The Hall–Kier alpha value is -4.13. The van der Waals surface area contributed by atoms with E-state index in [-0.39, 0.29) is 6.03 Å². The molecule has 0 unspecified atom stereocenters. The van der Waals surface area contributed by atoms with Crippen LogP contribution in [0.3, 0.4) is 0 Å². The third kappa shape index (κ3) is 3.73. The maximum Gasteiger partial charge on any atom is 0.323 e. The van der Waals surface area contributed by atoms with Crippen molar-refractivity contribution in [1.29, 1.82) is 0 Å². The van der Waals surface area contributed by atoms with Crippen molar-refractivity contribution in [2.24, 2.45) is 5.73 Å². The molecule has 3 amide bonds. The fraction of sp³-hybridized carbons (Fsp3) is 0.0870. The molecule has 0 saturated carbocycles. The number of nitrogens with one attached hydrogen (secondary N) is 3. The molecule has 5 N–H and O–H groups in total. The van der Waals surface area contributed by atoms with Gasteiger partial charge >= 0.3 is 6.03 Å². The number of amides is 3. The summed E-state index contributed by atoms with van der Waals surface area (Å²) in [6.45, 7) is 3.91. The lowest BCUT2D eigenvalue weighted by atomic mass is 10.0. The average molecular weight is 399 g/mol. The fourth-order valence-corrected chi connectivity index (χ4v) is 3.36. The van der Waals surface area contributed by atoms with Crippen molar-refractivity contribution in [2.75, 3.05) is 10.6 Å². The minimum Gasteiger partial charge on any atom is -0.364 e. The van der Waals surface area contributed by atoms with Gasteiger partial charge in [0.05, 0.1) is 11.0 Å². The van der Waals surface area contributed by atoms with E-state index in [0.29, 0.717) is 22.5 Å². The van der Waals surface area contributed by atoms with Crippen LogP contribution in [0.25, 0.3) is 22.2 Å². The van der Waals surface area contributed by atoms with Gasteiger partial charge < -0.3 is 21.4 Å². The molecule has 2 aromatic carbocycles. The molecule has 2 aromatic heterocycles. The number of anilines is 2. The van der Waals surface area contributed by atoms with Gasteiger partial charge in [0, 0.05) is 23.1 Å². The number of carbonyl (C=O) groups excluding carboxylic acids is 2. The van der Waals surface area contributed by atoms with E-state index in [2.05, 4.69) is 20.6 Å². The number of pyridine rings is 1. The van der Waals surface area contributed by atoms with Crippen LogP contribution in [0.2, 0.25) is 0 Å². The molecule has 4 rings (SSSR count). The van der Waals surface area contributed by atoms with Crippen LogP contribution >= 0.6 is 0 Å². The molecule has 0 bridgehead atoms. The number of rotatable bonds is 4. The predicted octanol–water partition coefficient (Wildman–Crippen LogP) is 4.59. The van der Waals surface area contributed by atoms with Crippen LogP contribution in [-0.4, -0.2) is 21.9 Å². The van der Waals surface area contributed by atoms with Crippen LogP contribution in [0.15, 0.2) is 60.8 Å². The first-order valence-corrected chi connectivity index (χ1v) is 9.44. The summed E-state index contributed by atoms with van der Waals surface area (Å²) >= 11 is 0. The molecule has 0 spiro atoms. The minimum absolute atomic E-state index is 0.303. The van der Waals surface area contributed by atoms with E-state index in [0.717, 1.165) is 27.9 Å². The summed E-state index contributed by atoms with van der Waals surface area (Å²) in [5.74, 6) is -0.557. The number of nitrogens with two attached hydrogens (primary N) is 1. The van der Waals surface area contributed by atoms with Crippen LogP contribution < -0.4 is 16.4 Å². The molecular weight excluding hydrogens is 378 g/mol. The zero-order valence-corrected chi connectivity index (χ0v) is 16.6. The van der Waals surface area contributed by atoms with E-state index in [4.69, 9.17) is 5.73 Å². The molecule has 4 aromatic rings. The number of aromatic nitrogens is 2. The number of carbonyl (C=O) groups is 2. The van der Waals surface area contributed by atoms with Crippen molar-refractivity contribution in [1.82, 2.24) is 9.97 Å². The summed E-state index contributed by atoms with van der Waals surface area (Å²) in [5, 5.41) is 5.68. The number of primary amides is 1. The Balaban J connectivity index is 1.57. The summed E-state index contributed by atoms with van der Waals surface area (Å²) in [5.41, 5.74) is 12.1. The summed E-state index contributed by atoms with van der Waals surface area (Å²) in [6.07, 6.45) is 1.66. The van der Waals surface area contributed by atoms with E-state index in [1.165, 1.54) is 0 Å². The summed E-state index contributed by atoms with van der Waals surface area (Å²) < 4.78 is 0. The lowest BCUT2D eigenvalue weighted by Crippen LogP contribution is -2.20. The molecule has 150 valence electrons. The number of aromatic amines is 1. The van der Waals surface area contributed by atoms with Crippen molar-refractivity contribution in [3.05, 3.63) is 77.6 Å². The zero-order valence-electron chi connectivity index (χ0n) is 16.6. The molecule has 0 aliphatic carbocycles. The predicted molar refractivity (Wildman–Crippen MR) is 119 cm³/mol. The van der Waals surface area contributed by atoms with E-state index < -0.39 is 5.91 Å². The third-order valence-electron chi connectivity index (χ3n) is 4.87. The highest BCUT2D eigenvalue weighted by molar-refractivity contribution is 6.08. The summed E-state index contributed by atoms with van der Waals surface area (Å²) in [6, 6.07) is 16.4. The normalized spacial score (nSPS) is 10.7. The van der Waals surface area contributed by atoms with Crippen molar-refractivity contribution < 1.29 is 9.59 Å². The second-order valence-corrected chi connectivity index (χ2v) is 7.11. The maximum absolute atomic E-state index is 12.4. The molecule has 0 atom stereocenters. The van der Waals surface area contributed by atoms with Crippen LogP contribution in [0, 0.1) is 13.8 Å². The van der Waals surface area contributed by atoms with E-state index in [1.807, 2.05) is 50.2 Å². The first-order valence-electron chi connectivity index (χ1n) is 9.44. The molecule has 30 heavy (non-hydrogen) atoms. The smallest absolute Gasteiger partial charge is 0.323 e. The summed E-state index contributed by atoms with van der Waals surface area (Å²) in [4.78, 5) is 31.7. The number of aryl methyl sites for hydroxylation is 2. The first kappa shape index (κ1) is 19.2. The molecule has 0 fully saturated rings. The minimum atomic E-state index is -0.557. The van der Waals surface area contributed by atoms with Crippen molar-refractivity contribution in [3.8, 4) is 11.1 Å². The van der Waals surface area contributed by atoms with E-state index in [9.17, 15) is 9.59 Å². The van der Waals surface area contributed by atoms with Gasteiger partial charge in [0.2, 0.25) is 0 Å². The standard InChI is InChI=1S/C23H21N5O2/c1-13-5-6-14(2)18(12-13)28-23(30)26-16-9-7-15(8-10-16)19-20-17(4-3-11-25-20)27-21(19)22(24)29/h3-12,27H,1-2H3,(H2,24,29)(H2,26,28,30). The van der Waals surface area contributed by atoms with Crippen molar-refractivity contribution >= 4 is 34.3 Å². The molecule has 0 saturated heterocycles. The lowest BCUT2D eigenvalue weighted by Gasteiger charge is -2.11. The van der Waals surface area contributed by atoms with Gasteiger partial charge in [0.25, 0.3) is 5.91 Å². The van der Waals surface area contributed by atoms with Gasteiger partial charge in [-0.25, -0.2) is 4.79 Å². The Morgan fingerprint density at radius 1 is 1.00 bits per heavy atom. The zero-order chi connectivity index (χ0) is 21.3. The highest BCUT2D eigenvalue weighted by Crippen LogP contribution is 2.31. The molecular formula is C23H21N5O2. The quantitative estimate of drug-likeness (QED) is 0.402. The topological polar surface area (TPSA) is 113 Å². The Morgan fingerprint density at radius 3 is 2.50 bits per heavy atom. The highest BCUT2D eigenvalue weighted by Gasteiger charge is 2.18. The number of urea groups is 1. The van der Waals surface area contributed by atoms with Gasteiger partial charge in [-0.3, -0.25) is 9.78 Å². The van der Waals surface area contributed by atoms with E-state index in [1.54, 1.807) is 24.4 Å². The van der Waals surface area contributed by atoms with Crippen molar-refractivity contribution in [2.45, 2.75) is 13.8 Å². The Kier molecular flexibility index (Phi) is 4.93. The van der Waals surface area contributed by atoms with Gasteiger partial charge in [-0.1, -0.05) is 24.3 Å². The Morgan fingerprint density at radius 2 is 1.77 bits per heavy atom. The van der Waals surface area contributed by atoms with Crippen molar-refractivity contribution in [3.63, 3.8) is 0 Å². The first-order chi connectivity index (χ1) is 14.4. The number of H-pyrrole nitrogens is 1. The maximum atomic E-state index is 12.4. The SMILES string of the molecule is Cc1ccc(C)c(NC(=O)Nc2ccc(-c3c(C(N)=O)[nH]c4cccnc34)cc2)c1. The largest absolute Gasteiger partial charge is 0.364 e. The number of nitrogens with zero attached hydrogens (tertiary/aromatic N) is 1. The third-order valence-corrected chi connectivity index (χ3v) is 4.87. The average Bonchev–Trinajstić information content (AvgIpc) is 3.11. The van der Waals surface area contributed by atoms with Crippen LogP contribution in [0.5, 0.6) is 0 Å². The van der Waals surface area contributed by atoms with Gasteiger partial charge in [-0.2, -0.15) is 0 Å². The monoisotopic (exact) mass is 399 g/mol. The van der Waals surface area contributed by atoms with E-state index >= 15 is 0 Å². The molecule has 0 radical (unpaired) electrons. The van der Waals surface area contributed by atoms with Gasteiger partial charge in [0.15, 0.2) is 0 Å².